The number of nitriles is 2. The average molecular weight is 1990 g/mol. The summed E-state index contributed by atoms with van der Waals surface area (Å²) in [5, 5.41) is 71.3. The number of halogens is 2. The number of aromatic nitrogens is 5. The molecule has 12 aromatic carbocycles. The second kappa shape index (κ2) is 52.3. The van der Waals surface area contributed by atoms with Crippen molar-refractivity contribution in [2.45, 2.75) is 48.7 Å². The van der Waals surface area contributed by atoms with Crippen LogP contribution in [0.15, 0.2) is 433 Å². The van der Waals surface area contributed by atoms with Gasteiger partial charge in [0.25, 0.3) is 6.47 Å². The fraction of sp³-hybridized carbons (Fsp3) is 0.0784. The predicted octanol–water partition coefficient (Wildman–Crippen LogP) is 11.1. The first-order chi connectivity index (χ1) is 61.0. The molecule has 0 saturated carbocycles. The maximum Gasteiger partial charge on any atom is 1.00 e. The van der Waals surface area contributed by atoms with E-state index < -0.39 is 68.3 Å². The number of aliphatic hydroxyl groups is 2. The minimum absolute atomic E-state index is 0. The van der Waals surface area contributed by atoms with Crippen LogP contribution >= 0.6 is 47.6 Å². The third-order valence-corrected chi connectivity index (χ3v) is 33.1. The molecule has 2 unspecified atom stereocenters. The largest absolute Gasteiger partial charge is 1.00 e. The Morgan fingerprint density at radius 2 is 0.636 bits per heavy atom. The molecule has 0 aliphatic rings. The van der Waals surface area contributed by atoms with E-state index in [1.165, 1.54) is 150 Å². The van der Waals surface area contributed by atoms with Crippen LogP contribution in [0.2, 0.25) is 0 Å². The van der Waals surface area contributed by atoms with Crippen LogP contribution in [0.5, 0.6) is 0 Å². The van der Waals surface area contributed by atoms with Gasteiger partial charge in [-0.05, 0) is 163 Å². The Hall–Kier alpha value is -9.81. The molecule has 17 aromatic rings. The Balaban J connectivity index is 0.000000211. The maximum atomic E-state index is 13.2. The molecule has 0 aliphatic heterocycles. The van der Waals surface area contributed by atoms with Gasteiger partial charge in [-0.15, -0.1) is 0 Å². The molecule has 2 atom stereocenters. The topological polar surface area (TPSA) is 267 Å². The van der Waals surface area contributed by atoms with E-state index in [9.17, 15) is 28.3 Å². The predicted molar refractivity (Wildman–Crippen MR) is 520 cm³/mol. The van der Waals surface area contributed by atoms with Crippen molar-refractivity contribution in [3.05, 3.63) is 441 Å². The molecule has 0 fully saturated rings. The molecule has 4 N–H and O–H groups in total. The van der Waals surface area contributed by atoms with Crippen LogP contribution < -0.4 is 128 Å². The minimum Gasteiger partial charge on any atom is -1.00 e. The summed E-state index contributed by atoms with van der Waals surface area (Å²) >= 11 is 3.31. The number of nitrogens with zero attached hydrogens (tertiary/aromatic N) is 7. The SMILES string of the molecule is CC(C)(O)CS(=N)(=O)c1cc(-c2ccc(F)nc2)c2c(C#N)cnn2c1.CC(C)(O)CS(=N)(=O)c1cc(Br)c2c(C#N)cnn2c1.O=CO[O-].[H-].[Na+].[Na+].[Pd].c1ccc(P(c2ccccc2)c2ccccc2)cc1.c1ccc(P(c2ccccc2)c2ccccc2)cc1.c1ccc(P(c2ccccc2)c2ccccc2)cc1.c1ccc(P(c2ccccc2)c2ccccc2)cc1. The molecule has 5 aromatic heterocycles. The van der Waals surface area contributed by atoms with Crippen LogP contribution in [-0.4, -0.2) is 72.0 Å². The molecule has 0 aliphatic carbocycles. The molecule has 0 radical (unpaired) electrons. The zero-order chi connectivity index (χ0) is 89.3. The van der Waals surface area contributed by atoms with Gasteiger partial charge in [-0.25, -0.2) is 32.0 Å². The van der Waals surface area contributed by atoms with Crippen molar-refractivity contribution in [2.75, 3.05) is 11.5 Å². The maximum absolute atomic E-state index is 13.2. The summed E-state index contributed by atoms with van der Waals surface area (Å²) in [6.07, 6.45) is 6.94. The monoisotopic (exact) mass is 1990 g/mol. The third-order valence-electron chi connectivity index (χ3n) is 18.5. The molecule has 0 amide bonds. The van der Waals surface area contributed by atoms with Crippen molar-refractivity contribution in [3.8, 4) is 23.3 Å². The van der Waals surface area contributed by atoms with Crippen molar-refractivity contribution < 1.29 is 119 Å². The standard InChI is InChI=1S/4C18H15P.C17H16FN5O2S.C12H13BrN4O2S.CH2O3.2Na.Pd.H/c4*1-4-10-16(11-5-1)19(17-12-6-2-7-13-17)18-14-8-3-9-15-18;1-17(2,24)10-26(20,25)13-5-14(11-3-4-15(18)21-7-11)16-12(6-19)8-22-23(16)9-13;1-12(2,18)7-20(15,19)9-3-10(13)11-8(4-14)5-16-17(11)6-9;2-1-4-3;;;;/h4*1-15H;3-5,7-9,20,24H,10H2,1-2H3;3,5-6,15,18H,7H2,1-2H3;1,3H;;;;/q;;;;;;;2*+1;;-1/p-1. The smallest absolute Gasteiger partial charge is 1.00 e. The van der Waals surface area contributed by atoms with Gasteiger partial charge in [0.15, 0.2) is 0 Å². The van der Waals surface area contributed by atoms with Crippen molar-refractivity contribution >= 4 is 148 Å². The number of benzene rings is 12. The summed E-state index contributed by atoms with van der Waals surface area (Å²) in [6, 6.07) is 139. The van der Waals surface area contributed by atoms with Gasteiger partial charge in [-0.2, -0.15) is 25.1 Å². The number of hydrogen-bond acceptors (Lipinski definition) is 14. The molecule has 0 saturated heterocycles. The number of carbonyl (C=O) groups excluding carboxylic acids is 1. The number of carbonyl (C=O) groups is 1. The normalized spacial score (nSPS) is 11.6. The molecule has 17 rings (SSSR count). The van der Waals surface area contributed by atoms with Crippen molar-refractivity contribution in [3.63, 3.8) is 0 Å². The van der Waals surface area contributed by atoms with Gasteiger partial charge in [0, 0.05) is 54.6 Å². The summed E-state index contributed by atoms with van der Waals surface area (Å²) in [5.74, 6) is -1.09. The fourth-order valence-electron chi connectivity index (χ4n) is 13.3. The van der Waals surface area contributed by atoms with E-state index in [0.717, 1.165) is 0 Å². The molecule has 0 bridgehead atoms. The summed E-state index contributed by atoms with van der Waals surface area (Å²) in [4.78, 5) is 15.3. The number of nitrogens with one attached hydrogen (secondary N) is 2. The van der Waals surface area contributed by atoms with Crippen molar-refractivity contribution in [1.82, 2.24) is 24.2 Å². The Labute approximate surface area is 827 Å². The molecule has 0 spiro atoms. The number of rotatable bonds is 20. The van der Waals surface area contributed by atoms with Gasteiger partial charge >= 0.3 is 59.1 Å². The van der Waals surface area contributed by atoms with Crippen molar-refractivity contribution in [2.24, 2.45) is 0 Å². The Bertz CT molecular complexity index is 5760. The van der Waals surface area contributed by atoms with Gasteiger partial charge in [-0.1, -0.05) is 364 Å². The van der Waals surface area contributed by atoms with E-state index in [1.807, 2.05) is 12.1 Å². The van der Waals surface area contributed by atoms with E-state index in [-0.39, 0.29) is 114 Å². The molecule has 644 valence electrons. The van der Waals surface area contributed by atoms with E-state index in [2.05, 4.69) is 400 Å². The molecule has 129 heavy (non-hydrogen) atoms. The quantitative estimate of drug-likeness (QED) is 0.0139. The molecule has 5 heterocycles. The van der Waals surface area contributed by atoms with Gasteiger partial charge in [0.2, 0.25) is 5.95 Å². The van der Waals surface area contributed by atoms with E-state index >= 15 is 0 Å². The zero-order valence-electron chi connectivity index (χ0n) is 72.6. The number of hydrogen-bond donors (Lipinski definition) is 4. The number of fused-ring (bicyclic) bond motifs is 2. The Morgan fingerprint density at radius 1 is 0.419 bits per heavy atom. The number of pyridine rings is 3. The Kier molecular flexibility index (Phi) is 42.4. The van der Waals surface area contributed by atoms with E-state index in [4.69, 9.17) is 24.9 Å². The van der Waals surface area contributed by atoms with Gasteiger partial charge in [-0.3, -0.25) is 4.79 Å². The van der Waals surface area contributed by atoms with Gasteiger partial charge in [0.05, 0.1) is 86.5 Å². The first-order valence-electron chi connectivity index (χ1n) is 39.6. The summed E-state index contributed by atoms with van der Waals surface area (Å²) in [6.45, 7) is 5.80. The van der Waals surface area contributed by atoms with Crippen LogP contribution in [0.4, 0.5) is 4.39 Å². The second-order valence-corrected chi connectivity index (χ2v) is 43.2. The van der Waals surface area contributed by atoms with Gasteiger partial charge < -0.3 is 21.8 Å². The summed E-state index contributed by atoms with van der Waals surface area (Å²) in [5.41, 5.74) is 0.138. The zero-order valence-corrected chi connectivity index (χ0v) is 83.9. The third kappa shape index (κ3) is 30.9. The fourth-order valence-corrected chi connectivity index (χ4v) is 26.8. The average Bonchev–Trinajstić information content (AvgIpc) is 1.56. The molecular formula is C102H91BrFN9Na2O7P4PdS2. The van der Waals surface area contributed by atoms with E-state index in [1.54, 1.807) is 6.07 Å². The molecule has 16 nitrogen and oxygen atoms in total. The van der Waals surface area contributed by atoms with Crippen LogP contribution in [0.25, 0.3) is 22.2 Å². The van der Waals surface area contributed by atoms with Gasteiger partial charge in [0.1, 0.15) is 12.1 Å². The summed E-state index contributed by atoms with van der Waals surface area (Å²) < 4.78 is 58.0. The first-order valence-corrected chi connectivity index (χ1v) is 49.2. The summed E-state index contributed by atoms with van der Waals surface area (Å²) in [7, 11) is -8.27. The van der Waals surface area contributed by atoms with Crippen LogP contribution in [0, 0.1) is 38.2 Å². The van der Waals surface area contributed by atoms with Crippen LogP contribution in [-0.2, 0) is 49.6 Å². The minimum atomic E-state index is -3.33. The van der Waals surface area contributed by atoms with Crippen LogP contribution in [0.3, 0.4) is 0 Å². The first kappa shape index (κ1) is 105. The molecule has 27 heteroatoms. The van der Waals surface area contributed by atoms with E-state index in [0.29, 0.717) is 32.2 Å². The Morgan fingerprint density at radius 3 is 0.837 bits per heavy atom. The molecular weight excluding hydrogens is 1900 g/mol. The van der Waals surface area contributed by atoms with Crippen molar-refractivity contribution in [1.29, 1.82) is 20.1 Å². The van der Waals surface area contributed by atoms with Crippen LogP contribution in [0.1, 0.15) is 40.2 Å². The second-order valence-electron chi connectivity index (χ2n) is 29.2.